The summed E-state index contributed by atoms with van der Waals surface area (Å²) < 4.78 is 0. The third-order valence-electron chi connectivity index (χ3n) is 1.25. The van der Waals surface area contributed by atoms with E-state index in [2.05, 4.69) is 11.8 Å². The van der Waals surface area contributed by atoms with Crippen molar-refractivity contribution in [2.24, 2.45) is 5.92 Å². The highest BCUT2D eigenvalue weighted by molar-refractivity contribution is 5.50. The Hall–Kier alpha value is -1.03. The lowest BCUT2D eigenvalue weighted by molar-refractivity contribution is -0.108. The van der Waals surface area contributed by atoms with E-state index in [1.54, 1.807) is 0 Å². The molecule has 1 heteroatoms. The lowest BCUT2D eigenvalue weighted by atomic mass is 10.1. The van der Waals surface area contributed by atoms with Gasteiger partial charge in [-0.3, -0.25) is 0 Å². The van der Waals surface area contributed by atoms with Gasteiger partial charge >= 0.3 is 0 Å². The molecule has 0 heterocycles. The Labute approximate surface area is 68.5 Å². The molecule has 0 bridgehead atoms. The summed E-state index contributed by atoms with van der Waals surface area (Å²) in [6, 6.07) is 0. The minimum Gasteiger partial charge on any atom is -0.303 e. The third kappa shape index (κ3) is 6.86. The quantitative estimate of drug-likeness (QED) is 0.445. The van der Waals surface area contributed by atoms with Gasteiger partial charge in [0.05, 0.1) is 0 Å². The molecule has 1 nitrogen and oxygen atoms in total. The van der Waals surface area contributed by atoms with Crippen molar-refractivity contribution in [3.8, 4) is 11.8 Å². The molecule has 0 radical (unpaired) electrons. The van der Waals surface area contributed by atoms with Gasteiger partial charge in [0.2, 0.25) is 0 Å². The van der Waals surface area contributed by atoms with E-state index >= 15 is 0 Å². The van der Waals surface area contributed by atoms with Crippen LogP contribution in [0.1, 0.15) is 26.7 Å². The predicted octanol–water partition coefficient (Wildman–Crippen LogP) is 2.18. The van der Waals surface area contributed by atoms with E-state index in [4.69, 9.17) is 0 Å². The van der Waals surface area contributed by atoms with Crippen LogP contribution in [0.4, 0.5) is 0 Å². The zero-order valence-corrected chi connectivity index (χ0v) is 7.13. The minimum absolute atomic E-state index is 0.318. The monoisotopic (exact) mass is 150 g/mol. The van der Waals surface area contributed by atoms with Crippen LogP contribution in [-0.2, 0) is 4.79 Å². The third-order valence-corrected chi connectivity index (χ3v) is 1.25. The Bertz CT molecular complexity index is 181. The van der Waals surface area contributed by atoms with Crippen LogP contribution < -0.4 is 0 Å². The maximum Gasteiger partial charge on any atom is 0.120 e. The molecular formula is C10H14O. The van der Waals surface area contributed by atoms with Crippen molar-refractivity contribution in [2.75, 3.05) is 0 Å². The van der Waals surface area contributed by atoms with E-state index in [0.717, 1.165) is 12.7 Å². The fraction of sp³-hybridized carbons (Fsp3) is 0.500. The zero-order valence-electron chi connectivity index (χ0n) is 7.13. The molecule has 0 aromatic carbocycles. The standard InChI is InChI=1S/C10H14O/c1-3-4-5-6-7-10(2)8-9-11/h6-7,9-10H,3,8H2,1-2H3/b7-6+. The van der Waals surface area contributed by atoms with E-state index in [1.807, 2.05) is 26.0 Å². The molecule has 60 valence electrons. The number of hydrogen-bond donors (Lipinski definition) is 0. The van der Waals surface area contributed by atoms with Crippen molar-refractivity contribution >= 4 is 6.29 Å². The SMILES string of the molecule is CCC#C/C=C/C(C)CC=O. The number of carbonyl (C=O) groups is 1. The molecule has 1 unspecified atom stereocenters. The highest BCUT2D eigenvalue weighted by Crippen LogP contribution is 1.99. The highest BCUT2D eigenvalue weighted by Gasteiger charge is 1.91. The summed E-state index contributed by atoms with van der Waals surface area (Å²) in [5.41, 5.74) is 0. The van der Waals surface area contributed by atoms with Crippen molar-refractivity contribution in [1.29, 1.82) is 0 Å². The van der Waals surface area contributed by atoms with E-state index in [9.17, 15) is 4.79 Å². The summed E-state index contributed by atoms with van der Waals surface area (Å²) in [6.45, 7) is 4.01. The Balaban J connectivity index is 3.63. The fourth-order valence-electron chi connectivity index (χ4n) is 0.604. The molecule has 0 amide bonds. The lowest BCUT2D eigenvalue weighted by Gasteiger charge is -1.94. The average molecular weight is 150 g/mol. The number of allylic oxidation sites excluding steroid dienone is 2. The first kappa shape index (κ1) is 9.97. The van der Waals surface area contributed by atoms with Gasteiger partial charge in [0.15, 0.2) is 0 Å². The number of aldehydes is 1. The van der Waals surface area contributed by atoms with Crippen LogP contribution in [0, 0.1) is 17.8 Å². The molecule has 0 aliphatic rings. The van der Waals surface area contributed by atoms with Gasteiger partial charge in [-0.05, 0) is 12.0 Å². The summed E-state index contributed by atoms with van der Waals surface area (Å²) in [7, 11) is 0. The van der Waals surface area contributed by atoms with Crippen molar-refractivity contribution in [3.63, 3.8) is 0 Å². The van der Waals surface area contributed by atoms with E-state index in [0.29, 0.717) is 12.3 Å². The Kier molecular flexibility index (Phi) is 6.42. The second kappa shape index (κ2) is 7.08. The van der Waals surface area contributed by atoms with Crippen LogP contribution in [0.2, 0.25) is 0 Å². The molecule has 0 N–H and O–H groups in total. The first-order chi connectivity index (χ1) is 5.31. The molecule has 0 fully saturated rings. The topological polar surface area (TPSA) is 17.1 Å². The van der Waals surface area contributed by atoms with Gasteiger partial charge in [0.1, 0.15) is 6.29 Å². The number of rotatable bonds is 3. The summed E-state index contributed by atoms with van der Waals surface area (Å²) in [6.07, 6.45) is 6.17. The molecule has 0 aromatic heterocycles. The van der Waals surface area contributed by atoms with Crippen LogP contribution >= 0.6 is 0 Å². The van der Waals surface area contributed by atoms with Gasteiger partial charge in [0, 0.05) is 12.8 Å². The molecule has 0 rings (SSSR count). The molecule has 0 aromatic rings. The largest absolute Gasteiger partial charge is 0.303 e. The Morgan fingerprint density at radius 2 is 2.27 bits per heavy atom. The van der Waals surface area contributed by atoms with Crippen LogP contribution in [0.25, 0.3) is 0 Å². The van der Waals surface area contributed by atoms with Crippen molar-refractivity contribution in [1.82, 2.24) is 0 Å². The summed E-state index contributed by atoms with van der Waals surface area (Å²) in [5, 5.41) is 0. The second-order valence-electron chi connectivity index (χ2n) is 2.41. The summed E-state index contributed by atoms with van der Waals surface area (Å²) in [4.78, 5) is 10.0. The van der Waals surface area contributed by atoms with E-state index < -0.39 is 0 Å². The Morgan fingerprint density at radius 3 is 2.82 bits per heavy atom. The fourth-order valence-corrected chi connectivity index (χ4v) is 0.604. The minimum atomic E-state index is 0.318. The average Bonchev–Trinajstić information content (AvgIpc) is 1.99. The smallest absolute Gasteiger partial charge is 0.120 e. The highest BCUT2D eigenvalue weighted by atomic mass is 16.1. The van der Waals surface area contributed by atoms with Crippen LogP contribution in [-0.4, -0.2) is 6.29 Å². The van der Waals surface area contributed by atoms with Crippen LogP contribution in [0.5, 0.6) is 0 Å². The lowest BCUT2D eigenvalue weighted by Crippen LogP contribution is -1.88. The molecule has 1 atom stereocenters. The van der Waals surface area contributed by atoms with Crippen molar-refractivity contribution in [3.05, 3.63) is 12.2 Å². The molecule has 0 saturated carbocycles. The van der Waals surface area contributed by atoms with Gasteiger partial charge in [-0.2, -0.15) is 0 Å². The van der Waals surface area contributed by atoms with Gasteiger partial charge in [-0.1, -0.05) is 31.8 Å². The van der Waals surface area contributed by atoms with Gasteiger partial charge in [0.25, 0.3) is 0 Å². The van der Waals surface area contributed by atoms with Gasteiger partial charge in [-0.25, -0.2) is 0 Å². The van der Waals surface area contributed by atoms with E-state index in [1.165, 1.54) is 0 Å². The molecule has 0 spiro atoms. The number of hydrogen-bond acceptors (Lipinski definition) is 1. The molecule has 0 aliphatic heterocycles. The summed E-state index contributed by atoms with van der Waals surface area (Å²) in [5.74, 6) is 6.12. The van der Waals surface area contributed by atoms with Crippen LogP contribution in [0.3, 0.4) is 0 Å². The Morgan fingerprint density at radius 1 is 1.55 bits per heavy atom. The van der Waals surface area contributed by atoms with Gasteiger partial charge in [-0.15, -0.1) is 0 Å². The molecule has 11 heavy (non-hydrogen) atoms. The first-order valence-electron chi connectivity index (χ1n) is 3.90. The number of carbonyl (C=O) groups excluding carboxylic acids is 1. The predicted molar refractivity (Wildman–Crippen MR) is 47.1 cm³/mol. The zero-order chi connectivity index (χ0) is 8.53. The van der Waals surface area contributed by atoms with Crippen LogP contribution in [0.15, 0.2) is 12.2 Å². The maximum absolute atomic E-state index is 10.0. The van der Waals surface area contributed by atoms with E-state index in [-0.39, 0.29) is 0 Å². The molecule has 0 aliphatic carbocycles. The summed E-state index contributed by atoms with van der Waals surface area (Å²) >= 11 is 0. The second-order valence-corrected chi connectivity index (χ2v) is 2.41. The molecular weight excluding hydrogens is 136 g/mol. The molecule has 0 saturated heterocycles. The normalized spacial score (nSPS) is 12.2. The maximum atomic E-state index is 10.0. The van der Waals surface area contributed by atoms with Gasteiger partial charge < -0.3 is 4.79 Å². The van der Waals surface area contributed by atoms with Crippen molar-refractivity contribution in [2.45, 2.75) is 26.7 Å². The first-order valence-corrected chi connectivity index (χ1v) is 3.90. The van der Waals surface area contributed by atoms with Crippen molar-refractivity contribution < 1.29 is 4.79 Å².